The van der Waals surface area contributed by atoms with Crippen molar-refractivity contribution in [2.75, 3.05) is 46.9 Å². The Bertz CT molecular complexity index is 614. The Balaban J connectivity index is 1.84. The minimum atomic E-state index is -0.683. The molecule has 2 amide bonds. The summed E-state index contributed by atoms with van der Waals surface area (Å²) in [6, 6.07) is 6.78. The summed E-state index contributed by atoms with van der Waals surface area (Å²) in [4.78, 5) is 30.7. The van der Waals surface area contributed by atoms with Gasteiger partial charge in [0.05, 0.1) is 6.04 Å². The Morgan fingerprint density at radius 2 is 1.75 bits per heavy atom. The van der Waals surface area contributed by atoms with E-state index in [1.807, 2.05) is 24.1 Å². The number of hydrogen-bond donors (Lipinski definition) is 0. The zero-order valence-corrected chi connectivity index (χ0v) is 14.7. The van der Waals surface area contributed by atoms with E-state index in [1.54, 1.807) is 24.1 Å². The van der Waals surface area contributed by atoms with Crippen LogP contribution in [0.5, 0.6) is 0 Å². The Kier molecular flexibility index (Phi) is 5.08. The van der Waals surface area contributed by atoms with Gasteiger partial charge in [0.25, 0.3) is 5.91 Å². The third-order valence-electron chi connectivity index (χ3n) is 4.75. The van der Waals surface area contributed by atoms with Crippen molar-refractivity contribution in [3.63, 3.8) is 0 Å². The van der Waals surface area contributed by atoms with Gasteiger partial charge in [0.2, 0.25) is 5.91 Å². The predicted molar refractivity (Wildman–Crippen MR) is 90.8 cm³/mol. The molecule has 2 aliphatic rings. The fourth-order valence-corrected chi connectivity index (χ4v) is 3.31. The van der Waals surface area contributed by atoms with E-state index in [4.69, 9.17) is 16.3 Å². The number of halogens is 1. The maximum absolute atomic E-state index is 13.0. The molecule has 2 heterocycles. The number of ether oxygens (including phenoxy) is 1. The van der Waals surface area contributed by atoms with Crippen molar-refractivity contribution in [3.8, 4) is 0 Å². The van der Waals surface area contributed by atoms with E-state index in [0.717, 1.165) is 18.7 Å². The number of piperazine rings is 1. The summed E-state index contributed by atoms with van der Waals surface area (Å²) < 4.78 is 5.67. The van der Waals surface area contributed by atoms with Crippen LogP contribution in [-0.2, 0) is 14.3 Å². The molecule has 7 heteroatoms. The van der Waals surface area contributed by atoms with Gasteiger partial charge in [-0.25, -0.2) is 0 Å². The Labute approximate surface area is 146 Å². The highest BCUT2D eigenvalue weighted by Gasteiger charge is 2.42. The maximum atomic E-state index is 13.0. The first kappa shape index (κ1) is 17.2. The summed E-state index contributed by atoms with van der Waals surface area (Å²) in [5, 5.41) is 0.617. The average molecular weight is 352 g/mol. The summed E-state index contributed by atoms with van der Waals surface area (Å²) in [5.41, 5.74) is 0.849. The lowest BCUT2D eigenvalue weighted by molar-refractivity contribution is -0.168. The number of amides is 2. The van der Waals surface area contributed by atoms with Gasteiger partial charge in [0.15, 0.2) is 6.10 Å². The van der Waals surface area contributed by atoms with Gasteiger partial charge in [-0.15, -0.1) is 0 Å². The van der Waals surface area contributed by atoms with E-state index in [-0.39, 0.29) is 18.4 Å². The Morgan fingerprint density at radius 1 is 1.12 bits per heavy atom. The van der Waals surface area contributed by atoms with Crippen molar-refractivity contribution in [3.05, 3.63) is 34.9 Å². The van der Waals surface area contributed by atoms with Crippen molar-refractivity contribution in [1.82, 2.24) is 14.7 Å². The molecular weight excluding hydrogens is 330 g/mol. The number of hydrogen-bond acceptors (Lipinski definition) is 4. The first-order valence-electron chi connectivity index (χ1n) is 8.07. The second-order valence-corrected chi connectivity index (χ2v) is 6.80. The lowest BCUT2D eigenvalue weighted by Crippen LogP contribution is -2.56. The molecule has 6 nitrogen and oxygen atoms in total. The normalized spacial score (nSPS) is 25.9. The monoisotopic (exact) mass is 351 g/mol. The van der Waals surface area contributed by atoms with Gasteiger partial charge in [0.1, 0.15) is 6.61 Å². The molecule has 2 aliphatic heterocycles. The molecule has 2 fully saturated rings. The Hall–Kier alpha value is -1.63. The second kappa shape index (κ2) is 7.09. The van der Waals surface area contributed by atoms with E-state index in [1.165, 1.54) is 0 Å². The topological polar surface area (TPSA) is 53.1 Å². The molecule has 0 unspecified atom stereocenters. The second-order valence-electron chi connectivity index (χ2n) is 6.36. The average Bonchev–Trinajstić information content (AvgIpc) is 2.58. The van der Waals surface area contributed by atoms with Gasteiger partial charge in [-0.1, -0.05) is 23.7 Å². The SMILES string of the molecule is CN1CCN(C(=O)[C@@H]2OCC(=O)N(C)[C@H]2c2ccc(Cl)cc2)CC1. The fourth-order valence-electron chi connectivity index (χ4n) is 3.18. The first-order chi connectivity index (χ1) is 11.5. The third-order valence-corrected chi connectivity index (χ3v) is 5.01. The molecule has 1 aromatic carbocycles. The van der Waals surface area contributed by atoms with Crippen molar-refractivity contribution in [2.24, 2.45) is 0 Å². The van der Waals surface area contributed by atoms with Crippen LogP contribution in [0.3, 0.4) is 0 Å². The zero-order chi connectivity index (χ0) is 17.3. The molecule has 2 saturated heterocycles. The third kappa shape index (κ3) is 3.41. The molecule has 0 radical (unpaired) electrons. The summed E-state index contributed by atoms with van der Waals surface area (Å²) >= 11 is 5.96. The number of rotatable bonds is 2. The molecular formula is C17H22ClN3O3. The minimum absolute atomic E-state index is 0.0533. The lowest BCUT2D eigenvalue weighted by Gasteiger charge is -2.41. The van der Waals surface area contributed by atoms with Crippen LogP contribution in [0.25, 0.3) is 0 Å². The minimum Gasteiger partial charge on any atom is -0.356 e. The van der Waals surface area contributed by atoms with Gasteiger partial charge >= 0.3 is 0 Å². The molecule has 0 aromatic heterocycles. The number of likely N-dealkylation sites (N-methyl/N-ethyl adjacent to an activating group) is 2. The van der Waals surface area contributed by atoms with Crippen LogP contribution in [0, 0.1) is 0 Å². The van der Waals surface area contributed by atoms with Gasteiger partial charge in [0, 0.05) is 38.2 Å². The fraction of sp³-hybridized carbons (Fsp3) is 0.529. The highest BCUT2D eigenvalue weighted by molar-refractivity contribution is 6.30. The number of carbonyl (C=O) groups excluding carboxylic acids is 2. The number of morpholine rings is 1. The summed E-state index contributed by atoms with van der Waals surface area (Å²) in [6.07, 6.45) is -0.683. The van der Waals surface area contributed by atoms with Gasteiger partial charge in [-0.3, -0.25) is 9.59 Å². The quantitative estimate of drug-likeness (QED) is 0.798. The van der Waals surface area contributed by atoms with Crippen LogP contribution in [0.4, 0.5) is 0 Å². The molecule has 2 atom stereocenters. The standard InChI is InChI=1S/C17H22ClN3O3/c1-19-7-9-21(10-8-19)17(23)16-15(20(2)14(22)11-24-16)12-3-5-13(18)6-4-12/h3-6,15-16H,7-11H2,1-2H3/t15-,16+/m0/s1. The zero-order valence-electron chi connectivity index (χ0n) is 13.9. The van der Waals surface area contributed by atoms with Gasteiger partial charge < -0.3 is 19.4 Å². The number of benzene rings is 1. The van der Waals surface area contributed by atoms with Crippen LogP contribution in [0.1, 0.15) is 11.6 Å². The number of carbonyl (C=O) groups is 2. The van der Waals surface area contributed by atoms with Crippen molar-refractivity contribution >= 4 is 23.4 Å². The summed E-state index contributed by atoms with van der Waals surface area (Å²) in [5.74, 6) is -0.181. The highest BCUT2D eigenvalue weighted by Crippen LogP contribution is 2.31. The number of nitrogens with zero attached hydrogens (tertiary/aromatic N) is 3. The first-order valence-corrected chi connectivity index (χ1v) is 8.45. The van der Waals surface area contributed by atoms with E-state index >= 15 is 0 Å². The molecule has 0 spiro atoms. The smallest absolute Gasteiger partial charge is 0.254 e. The highest BCUT2D eigenvalue weighted by atomic mass is 35.5. The molecule has 130 valence electrons. The molecule has 0 aliphatic carbocycles. The molecule has 0 N–H and O–H groups in total. The lowest BCUT2D eigenvalue weighted by atomic mass is 9.97. The predicted octanol–water partition coefficient (Wildman–Crippen LogP) is 1.01. The van der Waals surface area contributed by atoms with Gasteiger partial charge in [-0.05, 0) is 24.7 Å². The van der Waals surface area contributed by atoms with Crippen LogP contribution < -0.4 is 0 Å². The Morgan fingerprint density at radius 3 is 2.38 bits per heavy atom. The van der Waals surface area contributed by atoms with Crippen LogP contribution in [0.15, 0.2) is 24.3 Å². The molecule has 0 bridgehead atoms. The molecule has 1 aromatic rings. The summed E-state index contributed by atoms with van der Waals surface area (Å²) in [7, 11) is 3.76. The van der Waals surface area contributed by atoms with Crippen molar-refractivity contribution in [1.29, 1.82) is 0 Å². The van der Waals surface area contributed by atoms with E-state index < -0.39 is 12.1 Å². The van der Waals surface area contributed by atoms with E-state index in [2.05, 4.69) is 4.90 Å². The van der Waals surface area contributed by atoms with Crippen LogP contribution in [-0.4, -0.2) is 79.5 Å². The van der Waals surface area contributed by atoms with E-state index in [9.17, 15) is 9.59 Å². The van der Waals surface area contributed by atoms with E-state index in [0.29, 0.717) is 18.1 Å². The largest absolute Gasteiger partial charge is 0.356 e. The van der Waals surface area contributed by atoms with Crippen LogP contribution in [0.2, 0.25) is 5.02 Å². The maximum Gasteiger partial charge on any atom is 0.254 e. The molecule has 3 rings (SSSR count). The molecule has 0 saturated carbocycles. The molecule has 24 heavy (non-hydrogen) atoms. The van der Waals surface area contributed by atoms with Crippen molar-refractivity contribution in [2.45, 2.75) is 12.1 Å². The van der Waals surface area contributed by atoms with Crippen LogP contribution >= 0.6 is 11.6 Å². The van der Waals surface area contributed by atoms with Gasteiger partial charge in [-0.2, -0.15) is 0 Å². The summed E-state index contributed by atoms with van der Waals surface area (Å²) in [6.45, 7) is 2.99. The van der Waals surface area contributed by atoms with Crippen molar-refractivity contribution < 1.29 is 14.3 Å².